The zero-order chi connectivity index (χ0) is 13.6. The summed E-state index contributed by atoms with van der Waals surface area (Å²) >= 11 is 0. The molecule has 0 aliphatic rings. The average molecular weight is 255 g/mol. The second kappa shape index (κ2) is 6.82. The number of aryl methyl sites for hydroxylation is 1. The first-order valence-corrected chi connectivity index (χ1v) is 6.39. The van der Waals surface area contributed by atoms with Gasteiger partial charge in [0.05, 0.1) is 12.1 Å². The molecule has 18 heavy (non-hydrogen) atoms. The van der Waals surface area contributed by atoms with Crippen molar-refractivity contribution in [3.63, 3.8) is 0 Å². The maximum absolute atomic E-state index is 10.1. The smallest absolute Gasteiger partial charge is 0.140 e. The summed E-state index contributed by atoms with van der Waals surface area (Å²) in [6.45, 7) is 6.61. The predicted octanol–water partition coefficient (Wildman–Crippen LogP) is 0.0903. The van der Waals surface area contributed by atoms with E-state index in [9.17, 15) is 5.11 Å². The van der Waals surface area contributed by atoms with Crippen molar-refractivity contribution < 1.29 is 5.11 Å². The summed E-state index contributed by atoms with van der Waals surface area (Å²) in [4.78, 5) is 6.19. The molecule has 0 radical (unpaired) electrons. The van der Waals surface area contributed by atoms with Gasteiger partial charge in [-0.15, -0.1) is 0 Å². The Morgan fingerprint density at radius 1 is 1.50 bits per heavy atom. The van der Waals surface area contributed by atoms with Gasteiger partial charge in [0.25, 0.3) is 0 Å². The molecule has 104 valence electrons. The Morgan fingerprint density at radius 2 is 2.22 bits per heavy atom. The standard InChI is InChI=1S/C12H25N5O/c1-5-6-17-11(14-10-15-17)7-13-8-12(2,18)9-16(3)4/h10,13,18H,5-9H2,1-4H3. The van der Waals surface area contributed by atoms with Crippen LogP contribution in [0.25, 0.3) is 0 Å². The van der Waals surface area contributed by atoms with Crippen LogP contribution in [0.5, 0.6) is 0 Å². The van der Waals surface area contributed by atoms with Crippen molar-refractivity contribution in [2.75, 3.05) is 27.2 Å². The molecule has 0 aliphatic carbocycles. The molecule has 1 rings (SSSR count). The van der Waals surface area contributed by atoms with Crippen molar-refractivity contribution >= 4 is 0 Å². The molecule has 6 heteroatoms. The molecule has 0 saturated carbocycles. The minimum atomic E-state index is -0.737. The van der Waals surface area contributed by atoms with Crippen molar-refractivity contribution in [3.8, 4) is 0 Å². The van der Waals surface area contributed by atoms with E-state index in [-0.39, 0.29) is 0 Å². The van der Waals surface area contributed by atoms with Gasteiger partial charge in [-0.25, -0.2) is 9.67 Å². The molecule has 6 nitrogen and oxygen atoms in total. The molecular formula is C12H25N5O. The van der Waals surface area contributed by atoms with Crippen LogP contribution in [-0.2, 0) is 13.1 Å². The van der Waals surface area contributed by atoms with Crippen LogP contribution in [0.3, 0.4) is 0 Å². The van der Waals surface area contributed by atoms with Crippen LogP contribution in [-0.4, -0.2) is 57.6 Å². The summed E-state index contributed by atoms with van der Waals surface area (Å²) in [5, 5.41) is 17.5. The molecule has 0 saturated heterocycles. The minimum absolute atomic E-state index is 0.532. The fraction of sp³-hybridized carbons (Fsp3) is 0.833. The van der Waals surface area contributed by atoms with E-state index < -0.39 is 5.60 Å². The van der Waals surface area contributed by atoms with Crippen molar-refractivity contribution in [2.45, 2.75) is 39.0 Å². The van der Waals surface area contributed by atoms with Gasteiger partial charge in [0.15, 0.2) is 0 Å². The number of hydrogen-bond acceptors (Lipinski definition) is 5. The van der Waals surface area contributed by atoms with Gasteiger partial charge in [-0.2, -0.15) is 5.10 Å². The van der Waals surface area contributed by atoms with Crippen molar-refractivity contribution in [2.24, 2.45) is 0 Å². The Morgan fingerprint density at radius 3 is 2.83 bits per heavy atom. The summed E-state index contributed by atoms with van der Waals surface area (Å²) in [5.41, 5.74) is -0.737. The van der Waals surface area contributed by atoms with Crippen LogP contribution in [0.2, 0.25) is 0 Å². The minimum Gasteiger partial charge on any atom is -0.388 e. The van der Waals surface area contributed by atoms with Crippen LogP contribution < -0.4 is 5.32 Å². The molecule has 1 heterocycles. The molecule has 1 unspecified atom stereocenters. The number of aliphatic hydroxyl groups is 1. The molecule has 1 aromatic heterocycles. The number of rotatable bonds is 8. The Kier molecular flexibility index (Phi) is 5.71. The largest absolute Gasteiger partial charge is 0.388 e. The molecule has 0 fully saturated rings. The fourth-order valence-electron chi connectivity index (χ4n) is 2.00. The third kappa shape index (κ3) is 5.12. The summed E-state index contributed by atoms with van der Waals surface area (Å²) in [6.07, 6.45) is 2.61. The van der Waals surface area contributed by atoms with E-state index >= 15 is 0 Å². The van der Waals surface area contributed by atoms with Gasteiger partial charge in [0.1, 0.15) is 12.2 Å². The zero-order valence-corrected chi connectivity index (χ0v) is 11.8. The fourth-order valence-corrected chi connectivity index (χ4v) is 2.00. The molecule has 0 bridgehead atoms. The highest BCUT2D eigenvalue weighted by atomic mass is 16.3. The Hall–Kier alpha value is -0.980. The maximum Gasteiger partial charge on any atom is 0.140 e. The van der Waals surface area contributed by atoms with Crippen molar-refractivity contribution in [3.05, 3.63) is 12.2 Å². The highest BCUT2D eigenvalue weighted by molar-refractivity contribution is 4.86. The quantitative estimate of drug-likeness (QED) is 0.689. The maximum atomic E-state index is 10.1. The summed E-state index contributed by atoms with van der Waals surface area (Å²) in [7, 11) is 3.90. The zero-order valence-electron chi connectivity index (χ0n) is 11.8. The summed E-state index contributed by atoms with van der Waals surface area (Å²) < 4.78 is 1.90. The second-order valence-corrected chi connectivity index (χ2v) is 5.24. The normalized spacial score (nSPS) is 15.0. The highest BCUT2D eigenvalue weighted by Gasteiger charge is 2.20. The first-order valence-electron chi connectivity index (χ1n) is 6.39. The summed E-state index contributed by atoms with van der Waals surface area (Å²) in [6, 6.07) is 0. The first kappa shape index (κ1) is 15.1. The molecular weight excluding hydrogens is 230 g/mol. The Balaban J connectivity index is 2.39. The van der Waals surface area contributed by atoms with Gasteiger partial charge < -0.3 is 15.3 Å². The molecule has 1 aromatic rings. The van der Waals surface area contributed by atoms with Gasteiger partial charge in [-0.05, 0) is 27.4 Å². The average Bonchev–Trinajstić information content (AvgIpc) is 2.64. The van der Waals surface area contributed by atoms with E-state index in [1.165, 1.54) is 0 Å². The van der Waals surface area contributed by atoms with E-state index in [4.69, 9.17) is 0 Å². The van der Waals surface area contributed by atoms with Crippen LogP contribution in [0.15, 0.2) is 6.33 Å². The van der Waals surface area contributed by atoms with Gasteiger partial charge in [0, 0.05) is 19.6 Å². The van der Waals surface area contributed by atoms with E-state index in [2.05, 4.69) is 22.3 Å². The van der Waals surface area contributed by atoms with Crippen molar-refractivity contribution in [1.82, 2.24) is 25.0 Å². The van der Waals surface area contributed by atoms with E-state index in [1.807, 2.05) is 30.6 Å². The second-order valence-electron chi connectivity index (χ2n) is 5.24. The van der Waals surface area contributed by atoms with Crippen LogP contribution >= 0.6 is 0 Å². The molecule has 0 amide bonds. The number of hydrogen-bond donors (Lipinski definition) is 2. The van der Waals surface area contributed by atoms with Crippen LogP contribution in [0.1, 0.15) is 26.1 Å². The Labute approximate surface area is 109 Å². The number of nitrogens with one attached hydrogen (secondary N) is 1. The van der Waals surface area contributed by atoms with Crippen molar-refractivity contribution in [1.29, 1.82) is 0 Å². The lowest BCUT2D eigenvalue weighted by atomic mass is 10.1. The Bertz CT molecular complexity index is 348. The lowest BCUT2D eigenvalue weighted by Crippen LogP contribution is -2.45. The molecule has 2 N–H and O–H groups in total. The molecule has 0 spiro atoms. The first-order chi connectivity index (χ1) is 8.44. The van der Waals surface area contributed by atoms with Gasteiger partial charge in [-0.3, -0.25) is 0 Å². The highest BCUT2D eigenvalue weighted by Crippen LogP contribution is 2.03. The molecule has 0 aromatic carbocycles. The van der Waals surface area contributed by atoms with Crippen LogP contribution in [0.4, 0.5) is 0 Å². The molecule has 1 atom stereocenters. The van der Waals surface area contributed by atoms with Gasteiger partial charge in [-0.1, -0.05) is 6.92 Å². The summed E-state index contributed by atoms with van der Waals surface area (Å²) in [5.74, 6) is 0.914. The number of likely N-dealkylation sites (N-methyl/N-ethyl adjacent to an activating group) is 1. The van der Waals surface area contributed by atoms with E-state index in [0.29, 0.717) is 19.6 Å². The third-order valence-electron chi connectivity index (χ3n) is 2.58. The lowest BCUT2D eigenvalue weighted by Gasteiger charge is -2.27. The topological polar surface area (TPSA) is 66.2 Å². The van der Waals surface area contributed by atoms with E-state index in [0.717, 1.165) is 18.8 Å². The number of aromatic nitrogens is 3. The van der Waals surface area contributed by atoms with Gasteiger partial charge in [0.2, 0.25) is 0 Å². The lowest BCUT2D eigenvalue weighted by molar-refractivity contribution is 0.0334. The van der Waals surface area contributed by atoms with Gasteiger partial charge >= 0.3 is 0 Å². The predicted molar refractivity (Wildman–Crippen MR) is 71.2 cm³/mol. The molecule has 0 aliphatic heterocycles. The van der Waals surface area contributed by atoms with E-state index in [1.54, 1.807) is 6.33 Å². The third-order valence-corrected chi connectivity index (χ3v) is 2.58. The van der Waals surface area contributed by atoms with Crippen LogP contribution in [0, 0.1) is 0 Å². The SMILES string of the molecule is CCCn1ncnc1CNCC(C)(O)CN(C)C. The number of nitrogens with zero attached hydrogens (tertiary/aromatic N) is 4. The monoisotopic (exact) mass is 255 g/mol.